The predicted molar refractivity (Wildman–Crippen MR) is 79.5 cm³/mol. The number of hydrogen-bond acceptors (Lipinski definition) is 3. The van der Waals surface area contributed by atoms with Gasteiger partial charge in [-0.3, -0.25) is 0 Å². The molecule has 0 fully saturated rings. The second kappa shape index (κ2) is 7.09. The van der Waals surface area contributed by atoms with Crippen molar-refractivity contribution in [1.82, 2.24) is 0 Å². The van der Waals surface area contributed by atoms with Crippen LogP contribution in [-0.4, -0.2) is 25.9 Å². The van der Waals surface area contributed by atoms with E-state index in [0.29, 0.717) is 23.5 Å². The normalized spacial score (nSPS) is 12.0. The highest BCUT2D eigenvalue weighted by atomic mass is 19.1. The summed E-state index contributed by atoms with van der Waals surface area (Å²) in [7, 11) is 3.15. The SMILES string of the molecule is COc1ccc(CC(CO)c2ccccc2F)cc1OC. The van der Waals surface area contributed by atoms with Gasteiger partial charge < -0.3 is 14.6 Å². The fourth-order valence-electron chi connectivity index (χ4n) is 2.37. The maximum Gasteiger partial charge on any atom is 0.160 e. The van der Waals surface area contributed by atoms with Crippen molar-refractivity contribution < 1.29 is 19.0 Å². The first-order valence-corrected chi connectivity index (χ1v) is 6.75. The first-order valence-electron chi connectivity index (χ1n) is 6.75. The molecule has 0 aliphatic carbocycles. The third-order valence-corrected chi connectivity index (χ3v) is 3.50. The molecule has 3 nitrogen and oxygen atoms in total. The van der Waals surface area contributed by atoms with Gasteiger partial charge in [-0.15, -0.1) is 0 Å². The van der Waals surface area contributed by atoms with Crippen molar-refractivity contribution in [2.45, 2.75) is 12.3 Å². The largest absolute Gasteiger partial charge is 0.493 e. The van der Waals surface area contributed by atoms with Crippen LogP contribution in [0.15, 0.2) is 42.5 Å². The molecule has 0 aromatic heterocycles. The Bertz CT molecular complexity index is 598. The number of hydrogen-bond donors (Lipinski definition) is 1. The second-order valence-electron chi connectivity index (χ2n) is 4.79. The molecule has 2 aromatic carbocycles. The minimum Gasteiger partial charge on any atom is -0.493 e. The van der Waals surface area contributed by atoms with Crippen LogP contribution in [0.4, 0.5) is 4.39 Å². The number of ether oxygens (including phenoxy) is 2. The minimum absolute atomic E-state index is 0.116. The van der Waals surface area contributed by atoms with E-state index in [1.807, 2.05) is 18.2 Å². The lowest BCUT2D eigenvalue weighted by molar-refractivity contribution is 0.261. The average Bonchev–Trinajstić information content (AvgIpc) is 2.53. The van der Waals surface area contributed by atoms with Crippen LogP contribution in [0.5, 0.6) is 11.5 Å². The Hall–Kier alpha value is -2.07. The van der Waals surface area contributed by atoms with E-state index in [0.717, 1.165) is 5.56 Å². The molecule has 2 aromatic rings. The van der Waals surface area contributed by atoms with Crippen LogP contribution < -0.4 is 9.47 Å². The molecule has 1 atom stereocenters. The maximum absolute atomic E-state index is 13.8. The Morgan fingerprint density at radius 3 is 2.38 bits per heavy atom. The van der Waals surface area contributed by atoms with Gasteiger partial charge in [-0.05, 0) is 35.7 Å². The number of benzene rings is 2. The maximum atomic E-state index is 13.8. The van der Waals surface area contributed by atoms with Crippen molar-refractivity contribution in [2.24, 2.45) is 0 Å². The van der Waals surface area contributed by atoms with E-state index < -0.39 is 0 Å². The van der Waals surface area contributed by atoms with Crippen molar-refractivity contribution in [3.05, 3.63) is 59.4 Å². The average molecular weight is 290 g/mol. The van der Waals surface area contributed by atoms with Gasteiger partial charge in [0.25, 0.3) is 0 Å². The van der Waals surface area contributed by atoms with Crippen LogP contribution in [0.1, 0.15) is 17.0 Å². The highest BCUT2D eigenvalue weighted by Crippen LogP contribution is 2.30. The van der Waals surface area contributed by atoms with Gasteiger partial charge in [-0.2, -0.15) is 0 Å². The first-order chi connectivity index (χ1) is 10.2. The zero-order valence-electron chi connectivity index (χ0n) is 12.2. The van der Waals surface area contributed by atoms with Gasteiger partial charge in [0.05, 0.1) is 20.8 Å². The van der Waals surface area contributed by atoms with Gasteiger partial charge >= 0.3 is 0 Å². The summed E-state index contributed by atoms with van der Waals surface area (Å²) in [5.74, 6) is 0.689. The molecule has 0 radical (unpaired) electrons. The van der Waals surface area contributed by atoms with Crippen molar-refractivity contribution in [2.75, 3.05) is 20.8 Å². The smallest absolute Gasteiger partial charge is 0.160 e. The third kappa shape index (κ3) is 3.52. The molecule has 2 rings (SSSR count). The van der Waals surface area contributed by atoms with Gasteiger partial charge in [0, 0.05) is 5.92 Å². The van der Waals surface area contributed by atoms with Crippen molar-refractivity contribution in [1.29, 1.82) is 0 Å². The van der Waals surface area contributed by atoms with Crippen molar-refractivity contribution in [3.63, 3.8) is 0 Å². The molecule has 0 bridgehead atoms. The molecule has 0 saturated carbocycles. The van der Waals surface area contributed by atoms with E-state index in [4.69, 9.17) is 9.47 Å². The Labute approximate surface area is 124 Å². The van der Waals surface area contributed by atoms with Gasteiger partial charge in [0.1, 0.15) is 5.82 Å². The summed E-state index contributed by atoms with van der Waals surface area (Å²) in [6.45, 7) is -0.116. The Kier molecular flexibility index (Phi) is 5.17. The molecular formula is C17H19FO3. The molecule has 4 heteroatoms. The Balaban J connectivity index is 2.25. The molecule has 0 saturated heterocycles. The minimum atomic E-state index is -0.294. The monoisotopic (exact) mass is 290 g/mol. The molecule has 0 spiro atoms. The fraction of sp³-hybridized carbons (Fsp3) is 0.294. The number of aliphatic hydroxyl groups is 1. The summed E-state index contributed by atoms with van der Waals surface area (Å²) in [5.41, 5.74) is 1.48. The van der Waals surface area contributed by atoms with E-state index in [2.05, 4.69) is 0 Å². The highest BCUT2D eigenvalue weighted by Gasteiger charge is 2.16. The van der Waals surface area contributed by atoms with E-state index in [-0.39, 0.29) is 18.3 Å². The molecule has 1 unspecified atom stereocenters. The lowest BCUT2D eigenvalue weighted by atomic mass is 9.92. The lowest BCUT2D eigenvalue weighted by Gasteiger charge is -2.16. The number of methoxy groups -OCH3 is 2. The summed E-state index contributed by atoms with van der Waals surface area (Å²) < 4.78 is 24.3. The zero-order chi connectivity index (χ0) is 15.2. The van der Waals surface area contributed by atoms with Crippen LogP contribution in [0, 0.1) is 5.82 Å². The Morgan fingerprint density at radius 2 is 1.76 bits per heavy atom. The Morgan fingerprint density at radius 1 is 1.05 bits per heavy atom. The van der Waals surface area contributed by atoms with E-state index in [1.165, 1.54) is 6.07 Å². The van der Waals surface area contributed by atoms with Gasteiger partial charge in [-0.25, -0.2) is 4.39 Å². The fourth-order valence-corrected chi connectivity index (χ4v) is 2.37. The van der Waals surface area contributed by atoms with Crippen LogP contribution in [0.25, 0.3) is 0 Å². The van der Waals surface area contributed by atoms with E-state index in [9.17, 15) is 9.50 Å². The topological polar surface area (TPSA) is 38.7 Å². The quantitative estimate of drug-likeness (QED) is 0.888. The van der Waals surface area contributed by atoms with Crippen LogP contribution in [-0.2, 0) is 6.42 Å². The summed E-state index contributed by atoms with van der Waals surface area (Å²) in [4.78, 5) is 0. The van der Waals surface area contributed by atoms with Crippen molar-refractivity contribution >= 4 is 0 Å². The number of aliphatic hydroxyl groups excluding tert-OH is 1. The third-order valence-electron chi connectivity index (χ3n) is 3.50. The molecule has 1 N–H and O–H groups in total. The zero-order valence-corrected chi connectivity index (χ0v) is 12.2. The van der Waals surface area contributed by atoms with Gasteiger partial charge in [0.2, 0.25) is 0 Å². The second-order valence-corrected chi connectivity index (χ2v) is 4.79. The molecule has 0 heterocycles. The van der Waals surface area contributed by atoms with Crippen LogP contribution in [0.3, 0.4) is 0 Å². The highest BCUT2D eigenvalue weighted by molar-refractivity contribution is 5.43. The molecule has 0 aliphatic heterocycles. The van der Waals surface area contributed by atoms with Crippen LogP contribution >= 0.6 is 0 Å². The number of halogens is 1. The molecule has 0 aliphatic rings. The summed E-state index contributed by atoms with van der Waals surface area (Å²) in [5, 5.41) is 9.57. The standard InChI is InChI=1S/C17H19FO3/c1-20-16-8-7-12(10-17(16)21-2)9-13(11-19)14-5-3-4-6-15(14)18/h3-8,10,13,19H,9,11H2,1-2H3. The summed E-state index contributed by atoms with van der Waals surface area (Å²) >= 11 is 0. The van der Waals surface area contributed by atoms with Crippen LogP contribution in [0.2, 0.25) is 0 Å². The van der Waals surface area contributed by atoms with Gasteiger partial charge in [0.15, 0.2) is 11.5 Å². The molecule has 21 heavy (non-hydrogen) atoms. The molecule has 0 amide bonds. The predicted octanol–water partition coefficient (Wildman–Crippen LogP) is 3.16. The van der Waals surface area contributed by atoms with Crippen molar-refractivity contribution in [3.8, 4) is 11.5 Å². The molecular weight excluding hydrogens is 271 g/mol. The first kappa shape index (κ1) is 15.3. The lowest BCUT2D eigenvalue weighted by Crippen LogP contribution is -2.10. The van der Waals surface area contributed by atoms with E-state index >= 15 is 0 Å². The summed E-state index contributed by atoms with van der Waals surface area (Å²) in [6, 6.07) is 12.1. The summed E-state index contributed by atoms with van der Waals surface area (Å²) in [6.07, 6.45) is 0.526. The van der Waals surface area contributed by atoms with E-state index in [1.54, 1.807) is 32.4 Å². The van der Waals surface area contributed by atoms with Gasteiger partial charge in [-0.1, -0.05) is 24.3 Å². The number of rotatable bonds is 6. The molecule has 112 valence electrons.